The van der Waals surface area contributed by atoms with Crippen molar-refractivity contribution in [1.29, 1.82) is 5.26 Å². The molecule has 0 N–H and O–H groups in total. The number of ether oxygens (including phenoxy) is 1. The number of nitriles is 1. The molecule has 0 bridgehead atoms. The Morgan fingerprint density at radius 3 is 2.26 bits per heavy atom. The monoisotopic (exact) mass is 369 g/mol. The van der Waals surface area contributed by atoms with Crippen LogP contribution >= 0.6 is 0 Å². The molecule has 1 unspecified atom stereocenters. The van der Waals surface area contributed by atoms with E-state index in [-0.39, 0.29) is 17.7 Å². The molecule has 2 heterocycles. The predicted molar refractivity (Wildman–Crippen MR) is 101 cm³/mol. The molecule has 2 amide bonds. The highest BCUT2D eigenvalue weighted by Gasteiger charge is 2.32. The SMILES string of the molecule is CC(Oc1ccc(C#N)cc1)C(=O)N1CCC(C(=O)N2CCCCC2)CC1. The summed E-state index contributed by atoms with van der Waals surface area (Å²) in [7, 11) is 0. The average molecular weight is 369 g/mol. The predicted octanol–water partition coefficient (Wildman–Crippen LogP) is 2.58. The van der Waals surface area contributed by atoms with Crippen molar-refractivity contribution in [1.82, 2.24) is 9.80 Å². The lowest BCUT2D eigenvalue weighted by atomic mass is 9.94. The van der Waals surface area contributed by atoms with Crippen LogP contribution in [0.5, 0.6) is 5.75 Å². The largest absolute Gasteiger partial charge is 0.481 e. The highest BCUT2D eigenvalue weighted by molar-refractivity contribution is 5.82. The van der Waals surface area contributed by atoms with E-state index in [1.165, 1.54) is 6.42 Å². The molecule has 144 valence electrons. The first-order chi connectivity index (χ1) is 13.1. The van der Waals surface area contributed by atoms with E-state index >= 15 is 0 Å². The molecular formula is C21H27N3O3. The second-order valence-electron chi connectivity index (χ2n) is 7.38. The van der Waals surface area contributed by atoms with E-state index < -0.39 is 6.10 Å². The fraction of sp³-hybridized carbons (Fsp3) is 0.571. The third-order valence-electron chi connectivity index (χ3n) is 5.47. The maximum atomic E-state index is 12.7. The summed E-state index contributed by atoms with van der Waals surface area (Å²) in [5.74, 6) is 0.832. The van der Waals surface area contributed by atoms with Gasteiger partial charge in [-0.05, 0) is 63.3 Å². The standard InChI is InChI=1S/C21H27N3O3/c1-16(27-19-7-5-17(15-22)6-8-19)20(25)24-13-9-18(10-14-24)21(26)23-11-3-2-4-12-23/h5-8,16,18H,2-4,9-14H2,1H3. The number of hydrogen-bond acceptors (Lipinski definition) is 4. The summed E-state index contributed by atoms with van der Waals surface area (Å²) < 4.78 is 5.72. The smallest absolute Gasteiger partial charge is 0.263 e. The second-order valence-corrected chi connectivity index (χ2v) is 7.38. The van der Waals surface area contributed by atoms with Gasteiger partial charge < -0.3 is 14.5 Å². The van der Waals surface area contributed by atoms with E-state index in [1.807, 2.05) is 4.90 Å². The summed E-state index contributed by atoms with van der Waals surface area (Å²) in [6.45, 7) is 4.71. The normalized spacial score (nSPS) is 19.3. The summed E-state index contributed by atoms with van der Waals surface area (Å²) in [5, 5.41) is 8.83. The van der Waals surface area contributed by atoms with Crippen LogP contribution in [0.25, 0.3) is 0 Å². The summed E-state index contributed by atoms with van der Waals surface area (Å²) in [6.07, 6.45) is 4.29. The second kappa shape index (κ2) is 8.90. The van der Waals surface area contributed by atoms with Crippen molar-refractivity contribution in [3.63, 3.8) is 0 Å². The summed E-state index contributed by atoms with van der Waals surface area (Å²) in [5.41, 5.74) is 0.557. The van der Waals surface area contributed by atoms with Crippen molar-refractivity contribution in [2.24, 2.45) is 5.92 Å². The average Bonchev–Trinajstić information content (AvgIpc) is 2.74. The van der Waals surface area contributed by atoms with Gasteiger partial charge in [0, 0.05) is 32.1 Å². The Kier molecular flexibility index (Phi) is 6.33. The molecule has 0 aromatic heterocycles. The van der Waals surface area contributed by atoms with Gasteiger partial charge in [0.05, 0.1) is 11.6 Å². The molecule has 6 nitrogen and oxygen atoms in total. The Labute approximate surface area is 160 Å². The molecule has 0 saturated carbocycles. The van der Waals surface area contributed by atoms with Gasteiger partial charge in [-0.2, -0.15) is 5.26 Å². The van der Waals surface area contributed by atoms with Gasteiger partial charge in [-0.3, -0.25) is 9.59 Å². The van der Waals surface area contributed by atoms with Crippen molar-refractivity contribution in [2.75, 3.05) is 26.2 Å². The van der Waals surface area contributed by atoms with Crippen LogP contribution in [-0.4, -0.2) is 53.9 Å². The molecule has 1 atom stereocenters. The highest BCUT2D eigenvalue weighted by atomic mass is 16.5. The molecule has 1 aromatic carbocycles. The fourth-order valence-corrected chi connectivity index (χ4v) is 3.84. The lowest BCUT2D eigenvalue weighted by Crippen LogP contribution is -2.48. The van der Waals surface area contributed by atoms with Crippen LogP contribution in [0, 0.1) is 17.2 Å². The van der Waals surface area contributed by atoms with E-state index in [0.717, 1.165) is 38.8 Å². The lowest BCUT2D eigenvalue weighted by molar-refractivity contribution is -0.144. The van der Waals surface area contributed by atoms with Gasteiger partial charge in [0.2, 0.25) is 5.91 Å². The number of carbonyl (C=O) groups is 2. The summed E-state index contributed by atoms with van der Waals surface area (Å²) in [6, 6.07) is 8.80. The maximum absolute atomic E-state index is 12.7. The van der Waals surface area contributed by atoms with Gasteiger partial charge in [0.15, 0.2) is 6.10 Å². The molecule has 0 radical (unpaired) electrons. The van der Waals surface area contributed by atoms with Gasteiger partial charge >= 0.3 is 0 Å². The van der Waals surface area contributed by atoms with E-state index in [1.54, 1.807) is 36.1 Å². The highest BCUT2D eigenvalue weighted by Crippen LogP contribution is 2.23. The zero-order valence-corrected chi connectivity index (χ0v) is 15.9. The first kappa shape index (κ1) is 19.2. The fourth-order valence-electron chi connectivity index (χ4n) is 3.84. The number of piperidine rings is 2. The minimum Gasteiger partial charge on any atom is -0.481 e. The molecular weight excluding hydrogens is 342 g/mol. The third-order valence-corrected chi connectivity index (χ3v) is 5.47. The van der Waals surface area contributed by atoms with Crippen molar-refractivity contribution < 1.29 is 14.3 Å². The van der Waals surface area contributed by atoms with Crippen LogP contribution in [0.3, 0.4) is 0 Å². The molecule has 1 aromatic rings. The molecule has 0 spiro atoms. The number of hydrogen-bond donors (Lipinski definition) is 0. The number of likely N-dealkylation sites (tertiary alicyclic amines) is 2. The first-order valence-corrected chi connectivity index (χ1v) is 9.83. The number of rotatable bonds is 4. The zero-order valence-electron chi connectivity index (χ0n) is 15.9. The minimum atomic E-state index is -0.590. The quantitative estimate of drug-likeness (QED) is 0.818. The van der Waals surface area contributed by atoms with E-state index in [9.17, 15) is 9.59 Å². The molecule has 2 saturated heterocycles. The van der Waals surface area contributed by atoms with Crippen molar-refractivity contribution in [3.8, 4) is 11.8 Å². The van der Waals surface area contributed by atoms with Crippen LogP contribution in [0.1, 0.15) is 44.6 Å². The number of amides is 2. The Hall–Kier alpha value is -2.55. The van der Waals surface area contributed by atoms with Crippen LogP contribution in [0.4, 0.5) is 0 Å². The minimum absolute atomic E-state index is 0.0434. The van der Waals surface area contributed by atoms with Crippen molar-refractivity contribution in [2.45, 2.75) is 45.1 Å². The van der Waals surface area contributed by atoms with E-state index in [4.69, 9.17) is 10.00 Å². The third kappa shape index (κ3) is 4.79. The van der Waals surface area contributed by atoms with E-state index in [2.05, 4.69) is 6.07 Å². The lowest BCUT2D eigenvalue weighted by Gasteiger charge is -2.36. The number of benzene rings is 1. The summed E-state index contributed by atoms with van der Waals surface area (Å²) >= 11 is 0. The topological polar surface area (TPSA) is 73.6 Å². The van der Waals surface area contributed by atoms with Crippen LogP contribution in [0.15, 0.2) is 24.3 Å². The van der Waals surface area contributed by atoms with Crippen LogP contribution < -0.4 is 4.74 Å². The van der Waals surface area contributed by atoms with Gasteiger partial charge in [-0.25, -0.2) is 0 Å². The summed E-state index contributed by atoms with van der Waals surface area (Å²) in [4.78, 5) is 29.1. The molecule has 2 fully saturated rings. The molecule has 27 heavy (non-hydrogen) atoms. The van der Waals surface area contributed by atoms with E-state index in [0.29, 0.717) is 24.4 Å². The van der Waals surface area contributed by atoms with Gasteiger partial charge in [-0.15, -0.1) is 0 Å². The Morgan fingerprint density at radius 1 is 1.04 bits per heavy atom. The van der Waals surface area contributed by atoms with Crippen molar-refractivity contribution >= 4 is 11.8 Å². The molecule has 6 heteroatoms. The first-order valence-electron chi connectivity index (χ1n) is 9.83. The van der Waals surface area contributed by atoms with Crippen LogP contribution in [0.2, 0.25) is 0 Å². The van der Waals surface area contributed by atoms with Crippen LogP contribution in [-0.2, 0) is 9.59 Å². The maximum Gasteiger partial charge on any atom is 0.263 e. The van der Waals surface area contributed by atoms with Gasteiger partial charge in [0.1, 0.15) is 5.75 Å². The number of carbonyl (C=O) groups excluding carboxylic acids is 2. The molecule has 2 aliphatic heterocycles. The Bertz CT molecular complexity index is 696. The van der Waals surface area contributed by atoms with Gasteiger partial charge in [-0.1, -0.05) is 0 Å². The molecule has 0 aliphatic carbocycles. The molecule has 3 rings (SSSR count). The zero-order chi connectivity index (χ0) is 19.2. The van der Waals surface area contributed by atoms with Gasteiger partial charge in [0.25, 0.3) is 5.91 Å². The Balaban J connectivity index is 1.48. The molecule has 2 aliphatic rings. The van der Waals surface area contributed by atoms with Crippen molar-refractivity contribution in [3.05, 3.63) is 29.8 Å². The number of nitrogens with zero attached hydrogens (tertiary/aromatic N) is 3. The Morgan fingerprint density at radius 2 is 1.67 bits per heavy atom.